The molecule has 1 saturated heterocycles. The summed E-state index contributed by atoms with van der Waals surface area (Å²) in [4.78, 5) is 25.5. The Bertz CT molecular complexity index is 836. The number of benzene rings is 2. The quantitative estimate of drug-likeness (QED) is 0.487. The van der Waals surface area contributed by atoms with E-state index < -0.39 is 17.8 Å². The molecule has 6 heteroatoms. The Morgan fingerprint density at radius 2 is 1.90 bits per heavy atom. The van der Waals surface area contributed by atoms with Gasteiger partial charge in [0.25, 0.3) is 0 Å². The number of hydrogen-bond donors (Lipinski definition) is 2. The molecule has 3 atom stereocenters. The van der Waals surface area contributed by atoms with Crippen LogP contribution >= 0.6 is 11.8 Å². The molecule has 0 aliphatic carbocycles. The highest BCUT2D eigenvalue weighted by Gasteiger charge is 2.41. The summed E-state index contributed by atoms with van der Waals surface area (Å²) in [5.74, 6) is -0.351. The van der Waals surface area contributed by atoms with Crippen molar-refractivity contribution in [1.29, 1.82) is 0 Å². The first-order chi connectivity index (χ1) is 14.6. The van der Waals surface area contributed by atoms with Crippen molar-refractivity contribution >= 4 is 23.5 Å². The summed E-state index contributed by atoms with van der Waals surface area (Å²) in [7, 11) is 0. The van der Waals surface area contributed by atoms with Crippen LogP contribution in [0.15, 0.2) is 54.6 Å². The first kappa shape index (κ1) is 22.4. The number of ketones is 1. The minimum Gasteiger partial charge on any atom is -0.481 e. The maximum absolute atomic E-state index is 13.2. The third-order valence-electron chi connectivity index (χ3n) is 5.29. The maximum atomic E-state index is 13.2. The second kappa shape index (κ2) is 11.2. The number of carboxylic acids is 1. The van der Waals surface area contributed by atoms with Gasteiger partial charge in [0.1, 0.15) is 17.3 Å². The number of Topliss-reactive ketones (excluding diaryl/α,β-unsaturated/α-hetero) is 1. The number of carbonyl (C=O) groups excluding carboxylic acids is 1. The Labute approximate surface area is 182 Å². The third kappa shape index (κ3) is 5.86. The molecule has 2 N–H and O–H groups in total. The number of nitrogens with one attached hydrogen (secondary N) is 1. The van der Waals surface area contributed by atoms with E-state index in [0.29, 0.717) is 23.5 Å². The van der Waals surface area contributed by atoms with Gasteiger partial charge in [0.15, 0.2) is 0 Å². The summed E-state index contributed by atoms with van der Waals surface area (Å²) >= 11 is 1.64. The van der Waals surface area contributed by atoms with Crippen LogP contribution in [0.4, 0.5) is 0 Å². The summed E-state index contributed by atoms with van der Waals surface area (Å²) in [6.45, 7) is 2.88. The fourth-order valence-corrected chi connectivity index (χ4v) is 5.06. The van der Waals surface area contributed by atoms with Crippen LogP contribution in [-0.4, -0.2) is 34.5 Å². The molecule has 0 bridgehead atoms. The van der Waals surface area contributed by atoms with E-state index in [1.807, 2.05) is 30.3 Å². The fourth-order valence-electron chi connectivity index (χ4n) is 3.82. The van der Waals surface area contributed by atoms with Crippen molar-refractivity contribution in [2.24, 2.45) is 5.92 Å². The first-order valence-corrected chi connectivity index (χ1v) is 11.6. The predicted molar refractivity (Wildman–Crippen MR) is 120 cm³/mol. The van der Waals surface area contributed by atoms with Crippen LogP contribution < -0.4 is 10.1 Å². The molecule has 3 rings (SSSR count). The average Bonchev–Trinajstić information content (AvgIpc) is 3.27. The SMILES string of the molecule is CCCCCC(=O)C(C1NCCS1)C(C(=O)O)c1cccc(Oc2ccccc2)c1. The molecule has 2 aromatic rings. The lowest BCUT2D eigenvalue weighted by Gasteiger charge is -2.28. The van der Waals surface area contributed by atoms with Crippen molar-refractivity contribution in [2.45, 2.75) is 43.9 Å². The Morgan fingerprint density at radius 1 is 1.13 bits per heavy atom. The number of ether oxygens (including phenoxy) is 1. The molecule has 0 aromatic heterocycles. The van der Waals surface area contributed by atoms with Crippen LogP contribution in [-0.2, 0) is 9.59 Å². The summed E-state index contributed by atoms with van der Waals surface area (Å²) in [6, 6.07) is 16.5. The van der Waals surface area contributed by atoms with Crippen molar-refractivity contribution in [1.82, 2.24) is 5.32 Å². The van der Waals surface area contributed by atoms with E-state index in [-0.39, 0.29) is 11.2 Å². The van der Waals surface area contributed by atoms with Gasteiger partial charge in [-0.1, -0.05) is 50.1 Å². The molecule has 1 fully saturated rings. The standard InChI is InChI=1S/C24H29NO4S/c1-2-3-5-13-20(26)22(23-25-14-15-30-23)21(24(27)28)17-9-8-12-19(16-17)29-18-10-6-4-7-11-18/h4,6-12,16,21-23,25H,2-3,5,13-15H2,1H3,(H,27,28). The Kier molecular flexibility index (Phi) is 8.34. The molecule has 30 heavy (non-hydrogen) atoms. The summed E-state index contributed by atoms with van der Waals surface area (Å²) in [6.07, 6.45) is 3.21. The van der Waals surface area contributed by atoms with E-state index >= 15 is 0 Å². The molecule has 160 valence electrons. The van der Waals surface area contributed by atoms with Gasteiger partial charge in [-0.05, 0) is 36.2 Å². The second-order valence-corrected chi connectivity index (χ2v) is 8.75. The van der Waals surface area contributed by atoms with Crippen molar-refractivity contribution in [2.75, 3.05) is 12.3 Å². The molecule has 0 amide bonds. The zero-order chi connectivity index (χ0) is 21.3. The number of carbonyl (C=O) groups is 2. The number of rotatable bonds is 11. The zero-order valence-corrected chi connectivity index (χ0v) is 18.1. The van der Waals surface area contributed by atoms with E-state index in [1.165, 1.54) is 0 Å². The number of hydrogen-bond acceptors (Lipinski definition) is 5. The van der Waals surface area contributed by atoms with Crippen LogP contribution in [0.25, 0.3) is 0 Å². The summed E-state index contributed by atoms with van der Waals surface area (Å²) < 4.78 is 5.90. The van der Waals surface area contributed by atoms with Gasteiger partial charge in [-0.15, -0.1) is 11.8 Å². The highest BCUT2D eigenvalue weighted by atomic mass is 32.2. The van der Waals surface area contributed by atoms with E-state index in [4.69, 9.17) is 4.74 Å². The van der Waals surface area contributed by atoms with Gasteiger partial charge >= 0.3 is 5.97 Å². The van der Waals surface area contributed by atoms with E-state index in [2.05, 4.69) is 12.2 Å². The molecular weight excluding hydrogens is 398 g/mol. The smallest absolute Gasteiger partial charge is 0.311 e. The zero-order valence-electron chi connectivity index (χ0n) is 17.3. The molecule has 1 aliphatic heterocycles. The fraction of sp³-hybridized carbons (Fsp3) is 0.417. The van der Waals surface area contributed by atoms with Gasteiger partial charge in [0.2, 0.25) is 0 Å². The molecule has 0 saturated carbocycles. The highest BCUT2D eigenvalue weighted by Crippen LogP contribution is 2.37. The number of unbranched alkanes of at least 4 members (excludes halogenated alkanes) is 2. The van der Waals surface area contributed by atoms with Crippen LogP contribution in [0.3, 0.4) is 0 Å². The Balaban J connectivity index is 1.88. The number of carboxylic acid groups (broad SMARTS) is 1. The molecule has 1 heterocycles. The van der Waals surface area contributed by atoms with E-state index in [0.717, 1.165) is 31.6 Å². The van der Waals surface area contributed by atoms with Gasteiger partial charge in [-0.2, -0.15) is 0 Å². The average molecular weight is 428 g/mol. The molecule has 3 unspecified atom stereocenters. The Hall–Kier alpha value is -2.31. The lowest BCUT2D eigenvalue weighted by Crippen LogP contribution is -2.40. The highest BCUT2D eigenvalue weighted by molar-refractivity contribution is 8.00. The summed E-state index contributed by atoms with van der Waals surface area (Å²) in [5.41, 5.74) is 0.596. The van der Waals surface area contributed by atoms with Gasteiger partial charge in [-0.3, -0.25) is 9.59 Å². The van der Waals surface area contributed by atoms with E-state index in [1.54, 1.807) is 36.0 Å². The van der Waals surface area contributed by atoms with Crippen molar-refractivity contribution in [3.63, 3.8) is 0 Å². The molecule has 2 aromatic carbocycles. The predicted octanol–water partition coefficient (Wildman–Crippen LogP) is 5.08. The number of para-hydroxylation sites is 1. The van der Waals surface area contributed by atoms with Gasteiger partial charge < -0.3 is 15.2 Å². The minimum absolute atomic E-state index is 0.0251. The first-order valence-electron chi connectivity index (χ1n) is 10.5. The lowest BCUT2D eigenvalue weighted by atomic mass is 9.81. The van der Waals surface area contributed by atoms with Crippen LogP contribution in [0, 0.1) is 5.92 Å². The van der Waals surface area contributed by atoms with Crippen molar-refractivity contribution in [3.8, 4) is 11.5 Å². The monoisotopic (exact) mass is 427 g/mol. The molecule has 1 aliphatic rings. The van der Waals surface area contributed by atoms with Crippen molar-refractivity contribution < 1.29 is 19.4 Å². The molecular formula is C24H29NO4S. The summed E-state index contributed by atoms with van der Waals surface area (Å²) in [5, 5.41) is 13.3. The topological polar surface area (TPSA) is 75.6 Å². The third-order valence-corrected chi connectivity index (χ3v) is 6.55. The van der Waals surface area contributed by atoms with Crippen molar-refractivity contribution in [3.05, 3.63) is 60.2 Å². The van der Waals surface area contributed by atoms with Crippen LogP contribution in [0.1, 0.15) is 44.1 Å². The maximum Gasteiger partial charge on any atom is 0.311 e. The van der Waals surface area contributed by atoms with E-state index in [9.17, 15) is 14.7 Å². The largest absolute Gasteiger partial charge is 0.481 e. The molecule has 0 radical (unpaired) electrons. The van der Waals surface area contributed by atoms with Gasteiger partial charge in [-0.25, -0.2) is 0 Å². The normalized spacial score (nSPS) is 18.0. The molecule has 0 spiro atoms. The van der Waals surface area contributed by atoms with Gasteiger partial charge in [0, 0.05) is 18.7 Å². The Morgan fingerprint density at radius 3 is 2.57 bits per heavy atom. The van der Waals surface area contributed by atoms with Crippen LogP contribution in [0.5, 0.6) is 11.5 Å². The lowest BCUT2D eigenvalue weighted by molar-refractivity contribution is -0.143. The molecule has 5 nitrogen and oxygen atoms in total. The number of thioether (sulfide) groups is 1. The van der Waals surface area contributed by atoms with Crippen LogP contribution in [0.2, 0.25) is 0 Å². The second-order valence-electron chi connectivity index (χ2n) is 7.50. The van der Waals surface area contributed by atoms with Gasteiger partial charge in [0.05, 0.1) is 17.2 Å². The minimum atomic E-state index is -0.977. The number of aliphatic carboxylic acids is 1.